The Bertz CT molecular complexity index is 1480. The van der Waals surface area contributed by atoms with Crippen LogP contribution < -0.4 is 37.5 Å². The van der Waals surface area contributed by atoms with Gasteiger partial charge in [0.25, 0.3) is 0 Å². The van der Waals surface area contributed by atoms with Crippen molar-refractivity contribution in [2.75, 3.05) is 85.6 Å². The molecule has 0 heterocycles. The summed E-state index contributed by atoms with van der Waals surface area (Å²) in [6.45, 7) is 3.77. The van der Waals surface area contributed by atoms with Gasteiger partial charge in [0.15, 0.2) is 0 Å². The molecule has 0 saturated heterocycles. The van der Waals surface area contributed by atoms with Crippen LogP contribution >= 0.6 is 0 Å². The van der Waals surface area contributed by atoms with Gasteiger partial charge in [-0.05, 0) is 89.3 Å². The first-order valence-corrected chi connectivity index (χ1v) is 21.2. The van der Waals surface area contributed by atoms with Gasteiger partial charge in [0.1, 0.15) is 11.8 Å². The summed E-state index contributed by atoms with van der Waals surface area (Å²) in [7, 11) is 0. The van der Waals surface area contributed by atoms with Crippen molar-refractivity contribution < 1.29 is 64.8 Å². The summed E-state index contributed by atoms with van der Waals surface area (Å²) in [5, 5.41) is 11.2. The molecule has 2 rings (SSSR count). The first-order chi connectivity index (χ1) is 29.5. The van der Waals surface area contributed by atoms with Crippen molar-refractivity contribution in [2.45, 2.75) is 102 Å². The molecule has 0 aromatic heterocycles. The zero-order valence-electron chi connectivity index (χ0n) is 35.1. The second-order valence-electron chi connectivity index (χ2n) is 14.3. The van der Waals surface area contributed by atoms with Gasteiger partial charge in [-0.15, -0.1) is 0 Å². The maximum atomic E-state index is 14.1. The Kier molecular flexibility index (Phi) is 28.5. The third-order valence-electron chi connectivity index (χ3n) is 9.39. The van der Waals surface area contributed by atoms with Gasteiger partial charge >= 0.3 is 0 Å². The number of hydrogen-bond donors (Lipinski definition) is 6. The molecule has 61 heavy (non-hydrogen) atoms. The van der Waals surface area contributed by atoms with Crippen LogP contribution in [0.4, 0.5) is 22.0 Å². The first-order valence-electron chi connectivity index (χ1n) is 21.2. The predicted molar refractivity (Wildman–Crippen MR) is 215 cm³/mol. The van der Waals surface area contributed by atoms with Gasteiger partial charge in [0, 0.05) is 45.3 Å². The number of hydrogen-bond acceptors (Lipinski definition) is 11. The average molecular weight is 881 g/mol. The molecule has 0 bridgehead atoms. The van der Waals surface area contributed by atoms with Crippen molar-refractivity contribution in [3.63, 3.8) is 0 Å². The zero-order valence-corrected chi connectivity index (χ0v) is 35.1. The Balaban J connectivity index is 1.59. The molecular weight excluding hydrogens is 815 g/mol. The van der Waals surface area contributed by atoms with E-state index in [4.69, 9.17) is 35.2 Å². The van der Waals surface area contributed by atoms with Gasteiger partial charge in [0.2, 0.25) is 58.5 Å². The summed E-state index contributed by atoms with van der Waals surface area (Å²) in [6.07, 6.45) is 7.93. The van der Waals surface area contributed by atoms with E-state index >= 15 is 0 Å². The number of unbranched alkanes of at least 4 members (excludes halogenated alkanes) is 3. The van der Waals surface area contributed by atoms with Crippen LogP contribution in [0.2, 0.25) is 0 Å². The van der Waals surface area contributed by atoms with Crippen molar-refractivity contribution in [1.82, 2.24) is 21.3 Å². The molecule has 1 saturated carbocycles. The Hall–Kier alpha value is -3.95. The molecule has 1 unspecified atom stereocenters. The average Bonchev–Trinajstić information content (AvgIpc) is 3.22. The summed E-state index contributed by atoms with van der Waals surface area (Å²) in [5.41, 5.74) is 11.6. The first kappa shape index (κ1) is 53.2. The number of ether oxygens (including phenoxy) is 5. The summed E-state index contributed by atoms with van der Waals surface area (Å²) in [5.74, 6) is -12.5. The number of benzene rings is 1. The van der Waals surface area contributed by atoms with Gasteiger partial charge in [-0.25, -0.2) is 13.2 Å². The summed E-state index contributed by atoms with van der Waals surface area (Å²) < 4.78 is 96.0. The van der Waals surface area contributed by atoms with Crippen LogP contribution in [0.1, 0.15) is 96.3 Å². The number of halogens is 5. The number of rotatable bonds is 36. The molecule has 1 fully saturated rings. The van der Waals surface area contributed by atoms with E-state index in [0.29, 0.717) is 84.0 Å². The minimum atomic E-state index is -2.25. The van der Waals surface area contributed by atoms with Crippen LogP contribution in [-0.4, -0.2) is 115 Å². The van der Waals surface area contributed by atoms with Gasteiger partial charge in [-0.2, -0.15) is 8.78 Å². The predicted octanol–water partition coefficient (Wildman–Crippen LogP) is 3.70. The smallest absolute Gasteiger partial charge is 0.242 e. The number of carbonyl (C=O) groups excluding carboxylic acids is 4. The molecule has 348 valence electrons. The molecule has 4 amide bonds. The van der Waals surface area contributed by atoms with Crippen molar-refractivity contribution in [3.8, 4) is 5.75 Å². The van der Waals surface area contributed by atoms with E-state index < -0.39 is 40.9 Å². The molecule has 8 N–H and O–H groups in total. The fourth-order valence-corrected chi connectivity index (χ4v) is 5.78. The molecule has 1 atom stereocenters. The lowest BCUT2D eigenvalue weighted by atomic mass is 9.90. The van der Waals surface area contributed by atoms with Gasteiger partial charge in [0.05, 0.1) is 52.9 Å². The van der Waals surface area contributed by atoms with Crippen molar-refractivity contribution in [3.05, 3.63) is 40.4 Å². The maximum absolute atomic E-state index is 14.1. The molecule has 0 radical (unpaired) electrons. The molecule has 1 aliphatic carbocycles. The highest BCUT2D eigenvalue weighted by Crippen LogP contribution is 2.35. The molecule has 0 aliphatic heterocycles. The van der Waals surface area contributed by atoms with Crippen molar-refractivity contribution in [1.29, 1.82) is 0 Å². The van der Waals surface area contributed by atoms with Crippen LogP contribution in [0.15, 0.2) is 11.3 Å². The largest absolute Gasteiger partial charge is 0.455 e. The highest BCUT2D eigenvalue weighted by atomic mass is 19.2. The molecule has 1 aromatic rings. The Morgan fingerprint density at radius 3 is 1.54 bits per heavy atom. The molecule has 15 nitrogen and oxygen atoms in total. The second kappa shape index (κ2) is 32.7. The van der Waals surface area contributed by atoms with Gasteiger partial charge < -0.3 is 56.4 Å². The minimum absolute atomic E-state index is 0.0499. The van der Waals surface area contributed by atoms with E-state index in [1.165, 1.54) is 0 Å². The number of nitrogens with two attached hydrogens (primary N) is 2. The van der Waals surface area contributed by atoms with Crippen LogP contribution in [0.3, 0.4) is 0 Å². The quantitative estimate of drug-likeness (QED) is 0.0188. The molecule has 20 heteroatoms. The molecular formula is C41H65F5N6O9. The number of carbonyl (C=O) groups is 4. The topological polar surface area (TPSA) is 215 Å². The second-order valence-corrected chi connectivity index (χ2v) is 14.3. The van der Waals surface area contributed by atoms with E-state index in [9.17, 15) is 41.1 Å². The van der Waals surface area contributed by atoms with E-state index in [1.54, 1.807) is 0 Å². The number of allylic oxidation sites excluding steroid dienone is 1. The summed E-state index contributed by atoms with van der Waals surface area (Å²) in [4.78, 5) is 49.5. The maximum Gasteiger partial charge on any atom is 0.242 e. The molecule has 0 spiro atoms. The van der Waals surface area contributed by atoms with E-state index in [1.807, 2.05) is 0 Å². The summed E-state index contributed by atoms with van der Waals surface area (Å²) in [6, 6.07) is -0.785. The van der Waals surface area contributed by atoms with Crippen LogP contribution in [-0.2, 0) is 38.1 Å². The highest BCUT2D eigenvalue weighted by molar-refractivity contribution is 5.87. The van der Waals surface area contributed by atoms with E-state index in [-0.39, 0.29) is 102 Å². The Labute approximate surface area is 354 Å². The van der Waals surface area contributed by atoms with Crippen LogP contribution in [0.25, 0.3) is 0 Å². The third kappa shape index (κ3) is 22.6. The minimum Gasteiger partial charge on any atom is -0.455 e. The SMILES string of the molecule is NCCCCC(=O)NCCCCC(NC(=O)CCCNC(=O)CCCCN)C(=O)NCCOCCOCCOCCOCCC(Oc1c(F)c(F)c(F)c(F)c1F)=C1CCC1. The third-order valence-corrected chi connectivity index (χ3v) is 9.39. The van der Waals surface area contributed by atoms with Gasteiger partial charge in [-0.1, -0.05) is 0 Å². The fourth-order valence-electron chi connectivity index (χ4n) is 5.78. The lowest BCUT2D eigenvalue weighted by molar-refractivity contribution is -0.129. The number of amides is 4. The van der Waals surface area contributed by atoms with Gasteiger partial charge in [-0.3, -0.25) is 19.2 Å². The monoisotopic (exact) mass is 880 g/mol. The standard InChI is InChI=1S/C41H65F5N6O9/c42-35-36(43)38(45)40(39(46)37(35)44)61-31(29-9-7-10-29)15-21-57-23-25-59-27-28-60-26-24-58-22-20-51-41(56)30(11-3-6-18-49-32(53)12-1-4-16-47)52-34(55)14-8-19-50-33(54)13-2-5-17-48/h30H,1-28,47-48H2,(H,49,53)(H,50,54)(H,51,56)(H,52,55). The molecule has 1 aliphatic rings. The lowest BCUT2D eigenvalue weighted by Gasteiger charge is -2.23. The fraction of sp³-hybridized carbons (Fsp3) is 0.707. The Morgan fingerprint density at radius 1 is 0.525 bits per heavy atom. The van der Waals surface area contributed by atoms with E-state index in [0.717, 1.165) is 31.3 Å². The molecule has 1 aromatic carbocycles. The van der Waals surface area contributed by atoms with E-state index in [2.05, 4.69) is 21.3 Å². The number of nitrogens with one attached hydrogen (secondary N) is 4. The zero-order chi connectivity index (χ0) is 44.7. The van der Waals surface area contributed by atoms with Crippen LogP contribution in [0, 0.1) is 29.1 Å². The summed E-state index contributed by atoms with van der Waals surface area (Å²) >= 11 is 0. The normalized spacial score (nSPS) is 12.7. The van der Waals surface area contributed by atoms with Crippen molar-refractivity contribution in [2.24, 2.45) is 11.5 Å². The lowest BCUT2D eigenvalue weighted by Crippen LogP contribution is -2.47. The van der Waals surface area contributed by atoms with Crippen LogP contribution in [0.5, 0.6) is 5.75 Å². The van der Waals surface area contributed by atoms with Crippen molar-refractivity contribution >= 4 is 23.6 Å². The Morgan fingerprint density at radius 2 is 1.02 bits per heavy atom. The highest BCUT2D eigenvalue weighted by Gasteiger charge is 2.29.